The first-order valence-electron chi connectivity index (χ1n) is 14.0. The number of halogens is 1. The quantitative estimate of drug-likeness (QED) is 0.311. The van der Waals surface area contributed by atoms with E-state index in [2.05, 4.69) is 20.6 Å². The second-order valence-corrected chi connectivity index (χ2v) is 11.1. The average molecular weight is 577 g/mol. The fraction of sp³-hybridized carbons (Fsp3) is 0.387. The van der Waals surface area contributed by atoms with Crippen molar-refractivity contribution in [2.45, 2.75) is 31.7 Å². The van der Waals surface area contributed by atoms with Crippen LogP contribution in [-0.4, -0.2) is 84.6 Å². The van der Waals surface area contributed by atoms with Crippen molar-refractivity contribution in [3.05, 3.63) is 65.9 Å². The van der Waals surface area contributed by atoms with Crippen LogP contribution in [0.25, 0.3) is 11.3 Å². The van der Waals surface area contributed by atoms with E-state index in [-0.39, 0.29) is 24.2 Å². The lowest BCUT2D eigenvalue weighted by atomic mass is 10.00. The zero-order chi connectivity index (χ0) is 29.9. The fourth-order valence-electron chi connectivity index (χ4n) is 5.59. The molecule has 4 heterocycles. The minimum absolute atomic E-state index is 0.0366. The van der Waals surface area contributed by atoms with E-state index in [1.165, 1.54) is 13.2 Å². The van der Waals surface area contributed by atoms with Crippen molar-refractivity contribution in [1.29, 1.82) is 0 Å². The summed E-state index contributed by atoms with van der Waals surface area (Å²) in [4.78, 5) is 37.7. The standard InChI is InChI=1S/C31H37FN6O4/c1-31(13-7-17-38(31)25(39)10-6-16-37(2)3)19-42-24-18-33-14-11-20(24)27-28(26-22(35-27)12-15-34-30(26)40)36-23-9-5-8-21(32)29(23)41-4/h5-6,8-11,14,18,35-36H,7,12-13,15-17,19H2,1-4H3,(H,34,40)/b10-6+/t31-/m0/s1. The van der Waals surface area contributed by atoms with E-state index in [4.69, 9.17) is 9.47 Å². The number of aromatic nitrogens is 2. The molecule has 0 unspecified atom stereocenters. The molecule has 2 aliphatic rings. The number of pyridine rings is 1. The number of aromatic amines is 1. The molecule has 1 aromatic carbocycles. The first-order chi connectivity index (χ1) is 20.2. The Hall–Kier alpha value is -4.38. The van der Waals surface area contributed by atoms with Gasteiger partial charge in [-0.2, -0.15) is 0 Å². The van der Waals surface area contributed by atoms with Crippen LogP contribution in [0.1, 0.15) is 35.8 Å². The van der Waals surface area contributed by atoms with Gasteiger partial charge in [-0.25, -0.2) is 4.39 Å². The van der Waals surface area contributed by atoms with Crippen molar-refractivity contribution in [1.82, 2.24) is 25.1 Å². The Morgan fingerprint density at radius 3 is 2.93 bits per heavy atom. The number of anilines is 2. The van der Waals surface area contributed by atoms with Gasteiger partial charge < -0.3 is 34.9 Å². The van der Waals surface area contributed by atoms with Gasteiger partial charge in [-0.05, 0) is 52.1 Å². The summed E-state index contributed by atoms with van der Waals surface area (Å²) in [6.07, 6.45) is 9.07. The van der Waals surface area contributed by atoms with Crippen LogP contribution in [0, 0.1) is 5.82 Å². The molecule has 0 spiro atoms. The molecule has 1 atom stereocenters. The fourth-order valence-corrected chi connectivity index (χ4v) is 5.59. The highest BCUT2D eigenvalue weighted by Gasteiger charge is 2.40. The minimum Gasteiger partial charge on any atom is -0.492 e. The van der Waals surface area contributed by atoms with Crippen LogP contribution in [0.4, 0.5) is 15.8 Å². The number of nitrogens with zero attached hydrogens (tertiary/aromatic N) is 3. The highest BCUT2D eigenvalue weighted by Crippen LogP contribution is 2.42. The lowest BCUT2D eigenvalue weighted by Gasteiger charge is -2.34. The van der Waals surface area contributed by atoms with E-state index < -0.39 is 11.4 Å². The van der Waals surface area contributed by atoms with Crippen LogP contribution in [0.5, 0.6) is 11.5 Å². The van der Waals surface area contributed by atoms with E-state index in [1.807, 2.05) is 43.0 Å². The number of rotatable bonds is 10. The number of nitrogens with one attached hydrogen (secondary N) is 3. The Morgan fingerprint density at radius 2 is 2.14 bits per heavy atom. The van der Waals surface area contributed by atoms with Gasteiger partial charge in [-0.1, -0.05) is 12.1 Å². The van der Waals surface area contributed by atoms with Crippen molar-refractivity contribution >= 4 is 23.2 Å². The van der Waals surface area contributed by atoms with Gasteiger partial charge in [0, 0.05) is 49.6 Å². The summed E-state index contributed by atoms with van der Waals surface area (Å²) in [6, 6.07) is 6.39. The normalized spacial score (nSPS) is 18.3. The number of hydrogen-bond donors (Lipinski definition) is 3. The van der Waals surface area contributed by atoms with E-state index in [9.17, 15) is 14.0 Å². The molecule has 5 rings (SSSR count). The summed E-state index contributed by atoms with van der Waals surface area (Å²) in [5.41, 5.74) is 2.86. The van der Waals surface area contributed by atoms with Crippen molar-refractivity contribution in [2.24, 2.45) is 0 Å². The number of para-hydroxylation sites is 1. The largest absolute Gasteiger partial charge is 0.492 e. The summed E-state index contributed by atoms with van der Waals surface area (Å²) in [6.45, 7) is 4.14. The molecule has 3 N–H and O–H groups in total. The number of carbonyl (C=O) groups is 2. The average Bonchev–Trinajstić information content (AvgIpc) is 3.53. The molecule has 2 aromatic heterocycles. The lowest BCUT2D eigenvalue weighted by molar-refractivity contribution is -0.130. The molecule has 10 nitrogen and oxygen atoms in total. The van der Waals surface area contributed by atoms with Crippen LogP contribution in [0.2, 0.25) is 0 Å². The van der Waals surface area contributed by atoms with Crippen LogP contribution in [-0.2, 0) is 11.2 Å². The maximum absolute atomic E-state index is 14.5. The number of benzene rings is 1. The second-order valence-electron chi connectivity index (χ2n) is 11.1. The van der Waals surface area contributed by atoms with Crippen molar-refractivity contribution in [2.75, 3.05) is 52.8 Å². The summed E-state index contributed by atoms with van der Waals surface area (Å²) < 4.78 is 26.3. The molecule has 0 aliphatic carbocycles. The van der Waals surface area contributed by atoms with Crippen LogP contribution >= 0.6 is 0 Å². The summed E-state index contributed by atoms with van der Waals surface area (Å²) in [7, 11) is 5.31. The number of fused-ring (bicyclic) bond motifs is 1. The number of methoxy groups -OCH3 is 1. The molecule has 1 fully saturated rings. The van der Waals surface area contributed by atoms with Gasteiger partial charge >= 0.3 is 0 Å². The van der Waals surface area contributed by atoms with E-state index in [0.717, 1.165) is 18.5 Å². The Morgan fingerprint density at radius 1 is 1.31 bits per heavy atom. The monoisotopic (exact) mass is 576 g/mol. The number of hydrogen-bond acceptors (Lipinski definition) is 7. The van der Waals surface area contributed by atoms with Gasteiger partial charge in [-0.15, -0.1) is 0 Å². The van der Waals surface area contributed by atoms with Crippen molar-refractivity contribution in [3.8, 4) is 22.8 Å². The first-order valence-corrected chi connectivity index (χ1v) is 14.0. The molecule has 1 saturated heterocycles. The van der Waals surface area contributed by atoms with E-state index in [1.54, 1.807) is 30.6 Å². The zero-order valence-electron chi connectivity index (χ0n) is 24.4. The number of likely N-dealkylation sites (N-methyl/N-ethyl adjacent to an activating group) is 1. The topological polar surface area (TPSA) is 112 Å². The number of amides is 2. The van der Waals surface area contributed by atoms with Crippen molar-refractivity contribution in [3.63, 3.8) is 0 Å². The third-order valence-electron chi connectivity index (χ3n) is 7.73. The van der Waals surface area contributed by atoms with Gasteiger partial charge in [0.25, 0.3) is 5.91 Å². The van der Waals surface area contributed by atoms with Crippen LogP contribution < -0.4 is 20.1 Å². The van der Waals surface area contributed by atoms with Gasteiger partial charge in [0.05, 0.1) is 41.5 Å². The zero-order valence-corrected chi connectivity index (χ0v) is 24.4. The molecule has 0 bridgehead atoms. The number of likely N-dealkylation sites (tertiary alicyclic amines) is 1. The number of ether oxygens (including phenoxy) is 2. The third-order valence-corrected chi connectivity index (χ3v) is 7.73. The Labute approximate surface area is 244 Å². The molecular weight excluding hydrogens is 539 g/mol. The molecule has 0 radical (unpaired) electrons. The highest BCUT2D eigenvalue weighted by molar-refractivity contribution is 6.06. The SMILES string of the molecule is COc1c(F)cccc1Nc1c(-c2ccncc2OC[C@]2(C)CCCN2C(=O)/C=C/CN(C)C)[nH]c2c1C(=O)NCC2. The summed E-state index contributed by atoms with van der Waals surface area (Å²) >= 11 is 0. The third kappa shape index (κ3) is 5.82. The van der Waals surface area contributed by atoms with Crippen LogP contribution in [0.15, 0.2) is 48.8 Å². The molecule has 222 valence electrons. The molecule has 2 amide bonds. The maximum Gasteiger partial charge on any atom is 0.255 e. The van der Waals surface area contributed by atoms with Gasteiger partial charge in [-0.3, -0.25) is 14.6 Å². The lowest BCUT2D eigenvalue weighted by Crippen LogP contribution is -2.48. The first kappa shape index (κ1) is 29.1. The Kier molecular flexibility index (Phi) is 8.49. The smallest absolute Gasteiger partial charge is 0.255 e. The van der Waals surface area contributed by atoms with Gasteiger partial charge in [0.15, 0.2) is 11.6 Å². The molecule has 2 aliphatic heterocycles. The molecule has 11 heteroatoms. The predicted molar refractivity (Wildman–Crippen MR) is 159 cm³/mol. The van der Waals surface area contributed by atoms with Crippen molar-refractivity contribution < 1.29 is 23.5 Å². The Bertz CT molecular complexity index is 1500. The predicted octanol–water partition coefficient (Wildman–Crippen LogP) is 4.13. The van der Waals surface area contributed by atoms with Gasteiger partial charge in [0.1, 0.15) is 12.4 Å². The number of carbonyl (C=O) groups excluding carboxylic acids is 2. The molecule has 0 saturated carbocycles. The van der Waals surface area contributed by atoms with E-state index >= 15 is 0 Å². The van der Waals surface area contributed by atoms with Gasteiger partial charge in [0.2, 0.25) is 5.91 Å². The van der Waals surface area contributed by atoms with E-state index in [0.29, 0.717) is 60.0 Å². The maximum atomic E-state index is 14.5. The summed E-state index contributed by atoms with van der Waals surface area (Å²) in [5.74, 6) is -0.256. The Balaban J connectivity index is 1.47. The second kappa shape index (κ2) is 12.2. The highest BCUT2D eigenvalue weighted by atomic mass is 19.1. The molecule has 3 aromatic rings. The molecule has 42 heavy (non-hydrogen) atoms. The minimum atomic E-state index is -0.522. The van der Waals surface area contributed by atoms with Crippen LogP contribution in [0.3, 0.4) is 0 Å². The number of H-pyrrole nitrogens is 1. The summed E-state index contributed by atoms with van der Waals surface area (Å²) in [5, 5.41) is 6.15. The molecular formula is C31H37FN6O4.